The fraction of sp³-hybridized carbons (Fsp3) is 0.375. The molecule has 2 aromatic carbocycles. The van der Waals surface area contributed by atoms with Crippen molar-refractivity contribution in [3.8, 4) is 0 Å². The maximum atomic E-state index is 13.1. The highest BCUT2D eigenvalue weighted by atomic mass is 32.2. The molecular weight excluding hydrogens is 424 g/mol. The van der Waals surface area contributed by atoms with Crippen LogP contribution in [0.2, 0.25) is 0 Å². The van der Waals surface area contributed by atoms with Crippen LogP contribution in [0.25, 0.3) is 10.9 Å². The molecular formula is C24H30N4O3S. The van der Waals surface area contributed by atoms with Crippen LogP contribution in [0.3, 0.4) is 0 Å². The number of sulfonamides is 1. The molecule has 0 saturated carbocycles. The number of aryl methyl sites for hydroxylation is 1. The molecule has 1 aliphatic rings. The molecule has 1 N–H and O–H groups in total. The molecule has 1 fully saturated rings. The predicted molar refractivity (Wildman–Crippen MR) is 128 cm³/mol. The van der Waals surface area contributed by atoms with Gasteiger partial charge in [0.1, 0.15) is 0 Å². The minimum atomic E-state index is -3.62. The topological polar surface area (TPSA) is 74.7 Å². The van der Waals surface area contributed by atoms with Crippen LogP contribution in [0.1, 0.15) is 29.6 Å². The zero-order valence-corrected chi connectivity index (χ0v) is 19.4. The lowest BCUT2D eigenvalue weighted by Gasteiger charge is -2.22. The van der Waals surface area contributed by atoms with Crippen molar-refractivity contribution in [2.45, 2.75) is 30.7 Å². The second-order valence-corrected chi connectivity index (χ2v) is 10.5. The van der Waals surface area contributed by atoms with E-state index in [1.54, 1.807) is 12.1 Å². The van der Waals surface area contributed by atoms with E-state index in [0.717, 1.165) is 44.6 Å². The molecule has 1 saturated heterocycles. The van der Waals surface area contributed by atoms with Crippen molar-refractivity contribution in [2.75, 3.05) is 38.6 Å². The third kappa shape index (κ3) is 4.52. The molecule has 1 amide bonds. The molecule has 0 spiro atoms. The highest BCUT2D eigenvalue weighted by Gasteiger charge is 2.24. The molecule has 1 aromatic heterocycles. The van der Waals surface area contributed by atoms with Gasteiger partial charge in [0, 0.05) is 57.7 Å². The highest BCUT2D eigenvalue weighted by Crippen LogP contribution is 2.28. The third-order valence-electron chi connectivity index (χ3n) is 5.98. The molecule has 170 valence electrons. The molecule has 0 aliphatic carbocycles. The Morgan fingerprint density at radius 2 is 1.81 bits per heavy atom. The molecule has 0 unspecified atom stereocenters. The molecule has 2 heterocycles. The Kier molecular flexibility index (Phi) is 6.53. The Bertz CT molecular complexity index is 1210. The molecule has 0 bridgehead atoms. The molecule has 0 atom stereocenters. The average Bonchev–Trinajstić information content (AvgIpc) is 3.46. The Morgan fingerprint density at radius 3 is 2.56 bits per heavy atom. The lowest BCUT2D eigenvalue weighted by atomic mass is 10.1. The van der Waals surface area contributed by atoms with Gasteiger partial charge in [-0.25, -0.2) is 12.7 Å². The molecule has 4 rings (SSSR count). The number of nitrogens with zero attached hydrogens (tertiary/aromatic N) is 3. The summed E-state index contributed by atoms with van der Waals surface area (Å²) < 4.78 is 28.6. The normalized spacial score (nSPS) is 14.4. The van der Waals surface area contributed by atoms with E-state index in [4.69, 9.17) is 0 Å². The van der Waals surface area contributed by atoms with Gasteiger partial charge in [0.25, 0.3) is 5.91 Å². The number of fused-ring (bicyclic) bond motifs is 1. The van der Waals surface area contributed by atoms with Crippen molar-refractivity contribution in [1.29, 1.82) is 0 Å². The number of hydrogen-bond acceptors (Lipinski definition) is 4. The largest absolute Gasteiger partial charge is 0.371 e. The van der Waals surface area contributed by atoms with Gasteiger partial charge in [-0.2, -0.15) is 0 Å². The van der Waals surface area contributed by atoms with E-state index in [-0.39, 0.29) is 10.8 Å². The Morgan fingerprint density at radius 1 is 1.06 bits per heavy atom. The van der Waals surface area contributed by atoms with Gasteiger partial charge in [0.05, 0.1) is 10.5 Å². The number of nitrogens with one attached hydrogen (secondary N) is 1. The molecule has 3 aromatic rings. The van der Waals surface area contributed by atoms with Gasteiger partial charge in [0.15, 0.2) is 0 Å². The first-order chi connectivity index (χ1) is 15.4. The number of rotatable bonds is 8. The van der Waals surface area contributed by atoms with Gasteiger partial charge in [-0.3, -0.25) is 4.79 Å². The monoisotopic (exact) mass is 454 g/mol. The molecule has 8 heteroatoms. The fourth-order valence-corrected chi connectivity index (χ4v) is 5.11. The quantitative estimate of drug-likeness (QED) is 0.530. The minimum absolute atomic E-state index is 0.134. The van der Waals surface area contributed by atoms with Crippen molar-refractivity contribution in [3.63, 3.8) is 0 Å². The number of hydrogen-bond donors (Lipinski definition) is 1. The summed E-state index contributed by atoms with van der Waals surface area (Å²) in [4.78, 5) is 15.4. The van der Waals surface area contributed by atoms with E-state index in [1.165, 1.54) is 35.4 Å². The smallest absolute Gasteiger partial charge is 0.253 e. The van der Waals surface area contributed by atoms with E-state index >= 15 is 0 Å². The maximum absolute atomic E-state index is 13.1. The van der Waals surface area contributed by atoms with Crippen LogP contribution in [0.4, 0.5) is 5.69 Å². The van der Waals surface area contributed by atoms with Crippen molar-refractivity contribution in [2.24, 2.45) is 0 Å². The second kappa shape index (κ2) is 9.34. The van der Waals surface area contributed by atoms with Crippen LogP contribution >= 0.6 is 0 Å². The molecule has 0 radical (unpaired) electrons. The van der Waals surface area contributed by atoms with E-state index < -0.39 is 10.0 Å². The summed E-state index contributed by atoms with van der Waals surface area (Å²) in [5.74, 6) is -0.236. The summed E-state index contributed by atoms with van der Waals surface area (Å²) in [6, 6.07) is 15.2. The number of anilines is 1. The maximum Gasteiger partial charge on any atom is 0.253 e. The van der Waals surface area contributed by atoms with Gasteiger partial charge < -0.3 is 14.8 Å². The standard InChI is InChI=1S/C24H30N4O3S/c1-26(2)32(30,31)20-10-11-23(27-14-5-6-15-27)21(18-20)24(29)25-13-7-16-28-17-12-19-8-3-4-9-22(19)28/h3-4,8-12,17-18H,5-7,13-16H2,1-2H3,(H,25,29). The zero-order chi connectivity index (χ0) is 22.7. The Hall–Kier alpha value is -2.84. The van der Waals surface area contributed by atoms with Crippen molar-refractivity contribution in [1.82, 2.24) is 14.2 Å². The van der Waals surface area contributed by atoms with Crippen LogP contribution in [0.15, 0.2) is 59.6 Å². The van der Waals surface area contributed by atoms with Crippen molar-refractivity contribution < 1.29 is 13.2 Å². The van der Waals surface area contributed by atoms with Crippen LogP contribution in [-0.2, 0) is 16.6 Å². The van der Waals surface area contributed by atoms with Gasteiger partial charge in [-0.1, -0.05) is 18.2 Å². The number of amides is 1. The molecule has 7 nitrogen and oxygen atoms in total. The third-order valence-corrected chi connectivity index (χ3v) is 7.79. The van der Waals surface area contributed by atoms with E-state index in [9.17, 15) is 13.2 Å². The lowest BCUT2D eigenvalue weighted by Crippen LogP contribution is -2.29. The fourth-order valence-electron chi connectivity index (χ4n) is 4.18. The van der Waals surface area contributed by atoms with Crippen molar-refractivity contribution >= 4 is 32.5 Å². The summed E-state index contributed by atoms with van der Waals surface area (Å²) in [7, 11) is -0.628. The molecule has 32 heavy (non-hydrogen) atoms. The number of para-hydroxylation sites is 1. The summed E-state index contributed by atoms with van der Waals surface area (Å²) in [6.45, 7) is 3.05. The van der Waals surface area contributed by atoms with Gasteiger partial charge >= 0.3 is 0 Å². The Labute approximate surface area is 189 Å². The average molecular weight is 455 g/mol. The van der Waals surface area contributed by atoms with Crippen molar-refractivity contribution in [3.05, 3.63) is 60.3 Å². The first-order valence-electron chi connectivity index (χ1n) is 11.0. The summed E-state index contributed by atoms with van der Waals surface area (Å²) in [5.41, 5.74) is 2.40. The zero-order valence-electron chi connectivity index (χ0n) is 18.6. The SMILES string of the molecule is CN(C)S(=O)(=O)c1ccc(N2CCCC2)c(C(=O)NCCCn2ccc3ccccc32)c1. The number of carbonyl (C=O) groups is 1. The summed E-state index contributed by atoms with van der Waals surface area (Å²) in [6.07, 6.45) is 4.99. The van der Waals surface area contributed by atoms with Crippen LogP contribution in [-0.4, -0.2) is 56.9 Å². The van der Waals surface area contributed by atoms with Gasteiger partial charge in [-0.15, -0.1) is 0 Å². The minimum Gasteiger partial charge on any atom is -0.371 e. The van der Waals surface area contributed by atoms with Crippen LogP contribution in [0, 0.1) is 0 Å². The van der Waals surface area contributed by atoms with E-state index in [0.29, 0.717) is 12.1 Å². The second-order valence-electron chi connectivity index (χ2n) is 8.34. The first kappa shape index (κ1) is 22.4. The van der Waals surface area contributed by atoms with Gasteiger partial charge in [0.2, 0.25) is 10.0 Å². The number of aromatic nitrogens is 1. The van der Waals surface area contributed by atoms with E-state index in [2.05, 4.69) is 39.2 Å². The number of benzene rings is 2. The molecule has 1 aliphatic heterocycles. The van der Waals surface area contributed by atoms with Gasteiger partial charge in [-0.05, 0) is 55.0 Å². The Balaban J connectivity index is 1.48. The van der Waals surface area contributed by atoms with Crippen LogP contribution in [0.5, 0.6) is 0 Å². The number of carbonyl (C=O) groups excluding carboxylic acids is 1. The van der Waals surface area contributed by atoms with E-state index in [1.807, 2.05) is 12.1 Å². The summed E-state index contributed by atoms with van der Waals surface area (Å²) >= 11 is 0. The van der Waals surface area contributed by atoms with Crippen LogP contribution < -0.4 is 10.2 Å². The lowest BCUT2D eigenvalue weighted by molar-refractivity contribution is 0.0953. The first-order valence-corrected chi connectivity index (χ1v) is 12.5. The predicted octanol–water partition coefficient (Wildman–Crippen LogP) is 3.31. The summed E-state index contributed by atoms with van der Waals surface area (Å²) in [5, 5.41) is 4.19. The highest BCUT2D eigenvalue weighted by molar-refractivity contribution is 7.89.